The van der Waals surface area contributed by atoms with Gasteiger partial charge in [0.25, 0.3) is 0 Å². The minimum atomic E-state index is -0.141. The number of fused-ring (bicyclic) bond motifs is 6. The number of para-hydroxylation sites is 2. The van der Waals surface area contributed by atoms with Gasteiger partial charge in [-0.25, -0.2) is 0 Å². The molecule has 8 rings (SSSR count). The smallest absolute Gasteiger partial charge is 0.0568 e. The molecule has 2 heteroatoms. The molecule has 42 heavy (non-hydrogen) atoms. The predicted octanol–water partition coefficient (Wildman–Crippen LogP) is 10.3. The summed E-state index contributed by atoms with van der Waals surface area (Å²) in [4.78, 5) is 0. The van der Waals surface area contributed by atoms with Gasteiger partial charge in [0, 0.05) is 27.6 Å². The number of hydrogen-bond acceptors (Lipinski definition) is 1. The number of anilines is 1. The van der Waals surface area contributed by atoms with Crippen LogP contribution < -0.4 is 5.32 Å². The highest BCUT2D eigenvalue weighted by Gasteiger charge is 2.41. The summed E-state index contributed by atoms with van der Waals surface area (Å²) < 4.78 is 2.37. The lowest BCUT2D eigenvalue weighted by atomic mass is 9.76. The first kappa shape index (κ1) is 24.9. The van der Waals surface area contributed by atoms with Crippen molar-refractivity contribution < 1.29 is 0 Å². The van der Waals surface area contributed by atoms with Crippen molar-refractivity contribution in [3.05, 3.63) is 150 Å². The highest BCUT2D eigenvalue weighted by Crippen LogP contribution is 2.52. The van der Waals surface area contributed by atoms with E-state index in [0.29, 0.717) is 0 Å². The topological polar surface area (TPSA) is 17.0 Å². The second kappa shape index (κ2) is 9.09. The van der Waals surface area contributed by atoms with Gasteiger partial charge in [0.05, 0.1) is 16.6 Å². The maximum atomic E-state index is 3.86. The van der Waals surface area contributed by atoms with Crippen molar-refractivity contribution in [1.82, 2.24) is 4.57 Å². The van der Waals surface area contributed by atoms with Crippen molar-refractivity contribution in [2.45, 2.75) is 38.1 Å². The number of allylic oxidation sites excluding steroid dienone is 2. The Bertz CT molecular complexity index is 2050. The molecule has 2 aliphatic rings. The largest absolute Gasteiger partial charge is 0.376 e. The second-order valence-electron chi connectivity index (χ2n) is 12.6. The maximum Gasteiger partial charge on any atom is 0.0568 e. The molecule has 2 nitrogen and oxygen atoms in total. The summed E-state index contributed by atoms with van der Waals surface area (Å²) in [5, 5.41) is 6.42. The average Bonchev–Trinajstić information content (AvgIpc) is 3.46. The minimum absolute atomic E-state index is 0.0118. The Kier molecular flexibility index (Phi) is 5.40. The lowest BCUT2D eigenvalue weighted by Gasteiger charge is -2.35. The van der Waals surface area contributed by atoms with Crippen molar-refractivity contribution >= 4 is 33.1 Å². The van der Waals surface area contributed by atoms with Gasteiger partial charge in [-0.15, -0.1) is 0 Å². The molecule has 5 aromatic carbocycles. The quantitative estimate of drug-likeness (QED) is 0.234. The van der Waals surface area contributed by atoms with Crippen LogP contribution in [0.4, 0.5) is 5.69 Å². The summed E-state index contributed by atoms with van der Waals surface area (Å²) in [5.74, 6) is 0. The SMILES string of the molecule is CC1(Nc2ccc(-c3ccc4c(c3)c3ccccc3n4-c3ccccc3)cc2)C=C2C(=CC1)c1ccccc1C2(C)C. The molecule has 0 fully saturated rings. The van der Waals surface area contributed by atoms with Crippen LogP contribution >= 0.6 is 0 Å². The third-order valence-electron chi connectivity index (χ3n) is 9.38. The van der Waals surface area contributed by atoms with Gasteiger partial charge in [-0.05, 0) is 89.2 Å². The number of aromatic nitrogens is 1. The lowest BCUT2D eigenvalue weighted by molar-refractivity contribution is 0.599. The first-order valence-electron chi connectivity index (χ1n) is 14.9. The van der Waals surface area contributed by atoms with Gasteiger partial charge in [-0.1, -0.05) is 105 Å². The standard InChI is InChI=1S/C40H34N2/c1-39(2)35-15-9-7-13-31(35)32-23-24-40(3,26-36(32)39)41-29-20-17-27(18-21-29)28-19-22-38-34(25-28)33-14-8-10-16-37(33)42(38)30-11-5-4-6-12-30/h4-23,25-26,41H,24H2,1-3H3. The minimum Gasteiger partial charge on any atom is -0.376 e. The van der Waals surface area contributed by atoms with Crippen molar-refractivity contribution in [2.75, 3.05) is 5.32 Å². The normalized spacial score (nSPS) is 18.8. The van der Waals surface area contributed by atoms with Gasteiger partial charge >= 0.3 is 0 Å². The van der Waals surface area contributed by atoms with Gasteiger partial charge in [-0.3, -0.25) is 0 Å². The summed E-state index contributed by atoms with van der Waals surface area (Å²) in [6, 6.07) is 44.0. The number of hydrogen-bond donors (Lipinski definition) is 1. The number of rotatable bonds is 4. The van der Waals surface area contributed by atoms with Crippen LogP contribution in [0.1, 0.15) is 38.3 Å². The van der Waals surface area contributed by atoms with E-state index in [1.807, 2.05) is 0 Å². The van der Waals surface area contributed by atoms with Crippen molar-refractivity contribution in [3.63, 3.8) is 0 Å². The van der Waals surface area contributed by atoms with Crippen LogP contribution in [-0.4, -0.2) is 10.1 Å². The van der Waals surface area contributed by atoms with Gasteiger partial charge in [0.1, 0.15) is 0 Å². The third-order valence-corrected chi connectivity index (χ3v) is 9.38. The van der Waals surface area contributed by atoms with E-state index in [1.54, 1.807) is 0 Å². The molecule has 204 valence electrons. The fourth-order valence-electron chi connectivity index (χ4n) is 7.23. The molecule has 2 aliphatic carbocycles. The van der Waals surface area contributed by atoms with Crippen LogP contribution in [0, 0.1) is 0 Å². The molecule has 0 spiro atoms. The molecule has 1 N–H and O–H groups in total. The molecule has 1 heterocycles. The van der Waals surface area contributed by atoms with Crippen LogP contribution in [0.5, 0.6) is 0 Å². The van der Waals surface area contributed by atoms with Crippen molar-refractivity contribution in [3.8, 4) is 16.8 Å². The van der Waals surface area contributed by atoms with Gasteiger partial charge in [0.2, 0.25) is 0 Å². The second-order valence-corrected chi connectivity index (χ2v) is 12.6. The molecular formula is C40H34N2. The summed E-state index contributed by atoms with van der Waals surface area (Å²) in [5.41, 5.74) is 12.8. The Morgan fingerprint density at radius 3 is 2.17 bits per heavy atom. The molecule has 0 amide bonds. The monoisotopic (exact) mass is 542 g/mol. The van der Waals surface area contributed by atoms with E-state index < -0.39 is 0 Å². The molecular weight excluding hydrogens is 508 g/mol. The average molecular weight is 543 g/mol. The third kappa shape index (κ3) is 3.79. The molecule has 1 aromatic heterocycles. The number of nitrogens with zero attached hydrogens (tertiary/aromatic N) is 1. The van der Waals surface area contributed by atoms with E-state index in [0.717, 1.165) is 12.1 Å². The molecule has 6 aromatic rings. The van der Waals surface area contributed by atoms with E-state index in [4.69, 9.17) is 0 Å². The Labute approximate surface area is 247 Å². The fourth-order valence-corrected chi connectivity index (χ4v) is 7.23. The fraction of sp³-hybridized carbons (Fsp3) is 0.150. The van der Waals surface area contributed by atoms with Crippen LogP contribution in [0.3, 0.4) is 0 Å². The molecule has 0 bridgehead atoms. The van der Waals surface area contributed by atoms with Crippen molar-refractivity contribution in [2.24, 2.45) is 0 Å². The first-order valence-corrected chi connectivity index (χ1v) is 14.9. The summed E-state index contributed by atoms with van der Waals surface area (Å²) in [6.07, 6.45) is 5.87. The predicted molar refractivity (Wildman–Crippen MR) is 178 cm³/mol. The zero-order valence-corrected chi connectivity index (χ0v) is 24.4. The molecule has 0 aliphatic heterocycles. The zero-order chi connectivity index (χ0) is 28.5. The maximum absolute atomic E-state index is 3.86. The highest BCUT2D eigenvalue weighted by molar-refractivity contribution is 6.10. The van der Waals surface area contributed by atoms with Crippen molar-refractivity contribution in [1.29, 1.82) is 0 Å². The Morgan fingerprint density at radius 2 is 1.33 bits per heavy atom. The molecule has 1 atom stereocenters. The summed E-state index contributed by atoms with van der Waals surface area (Å²) in [6.45, 7) is 7.02. The van der Waals surface area contributed by atoms with Crippen LogP contribution in [0.2, 0.25) is 0 Å². The molecule has 1 unspecified atom stereocenters. The Balaban J connectivity index is 1.11. The summed E-state index contributed by atoms with van der Waals surface area (Å²) in [7, 11) is 0. The highest BCUT2D eigenvalue weighted by atomic mass is 15.0. The van der Waals surface area contributed by atoms with Gasteiger partial charge < -0.3 is 9.88 Å². The summed E-state index contributed by atoms with van der Waals surface area (Å²) >= 11 is 0. The van der Waals surface area contributed by atoms with E-state index >= 15 is 0 Å². The first-order chi connectivity index (χ1) is 20.4. The number of nitrogens with one attached hydrogen (secondary N) is 1. The van der Waals surface area contributed by atoms with E-state index in [9.17, 15) is 0 Å². The molecule has 0 saturated carbocycles. The van der Waals surface area contributed by atoms with Gasteiger partial charge in [-0.2, -0.15) is 0 Å². The van der Waals surface area contributed by atoms with Gasteiger partial charge in [0.15, 0.2) is 0 Å². The molecule has 0 radical (unpaired) electrons. The Morgan fingerprint density at radius 1 is 0.643 bits per heavy atom. The van der Waals surface area contributed by atoms with Crippen LogP contribution in [0.15, 0.2) is 139 Å². The van der Waals surface area contributed by atoms with Crippen LogP contribution in [0.25, 0.3) is 44.2 Å². The van der Waals surface area contributed by atoms with Crippen LogP contribution in [-0.2, 0) is 5.41 Å². The lowest BCUT2D eigenvalue weighted by Crippen LogP contribution is -2.35. The molecule has 0 saturated heterocycles. The Hall–Kier alpha value is -4.82. The van der Waals surface area contributed by atoms with E-state index in [-0.39, 0.29) is 11.0 Å². The van der Waals surface area contributed by atoms with E-state index in [2.05, 4.69) is 164 Å². The van der Waals surface area contributed by atoms with E-state index in [1.165, 1.54) is 60.9 Å². The zero-order valence-electron chi connectivity index (χ0n) is 24.4. The number of benzene rings is 5.